The van der Waals surface area contributed by atoms with Gasteiger partial charge in [0, 0.05) is 17.3 Å². The van der Waals surface area contributed by atoms with Crippen LogP contribution in [0.25, 0.3) is 10.9 Å². The highest BCUT2D eigenvalue weighted by Crippen LogP contribution is 2.25. The number of amides is 1. The lowest BCUT2D eigenvalue weighted by Crippen LogP contribution is -2.26. The Morgan fingerprint density at radius 3 is 2.68 bits per heavy atom. The number of ether oxygens (including phenoxy) is 1. The monoisotopic (exact) mass is 465 g/mol. The maximum Gasteiger partial charge on any atom is 0.387 e. The van der Waals surface area contributed by atoms with Crippen LogP contribution < -0.4 is 15.6 Å². The number of hydrogen-bond acceptors (Lipinski definition) is 5. The van der Waals surface area contributed by atoms with Crippen LogP contribution in [0.3, 0.4) is 0 Å². The van der Waals surface area contributed by atoms with Gasteiger partial charge in [-0.05, 0) is 49.4 Å². The highest BCUT2D eigenvalue weighted by Gasteiger charge is 2.19. The molecule has 1 aromatic heterocycles. The molecular formula is C21H18ClF2N3O3S. The average Bonchev–Trinajstić information content (AvgIpc) is 2.71. The number of benzene rings is 2. The summed E-state index contributed by atoms with van der Waals surface area (Å²) in [6.45, 7) is 2.65. The number of allylic oxidation sites excluding steroid dienone is 1. The first-order chi connectivity index (χ1) is 14.8. The van der Waals surface area contributed by atoms with Gasteiger partial charge in [-0.3, -0.25) is 14.2 Å². The molecule has 0 aliphatic rings. The second-order valence-corrected chi connectivity index (χ2v) is 8.16. The normalized spacial score (nSPS) is 12.0. The van der Waals surface area contributed by atoms with E-state index in [1.54, 1.807) is 31.2 Å². The lowest BCUT2D eigenvalue weighted by atomic mass is 10.2. The molecule has 0 aliphatic carbocycles. The maximum absolute atomic E-state index is 12.9. The van der Waals surface area contributed by atoms with E-state index in [2.05, 4.69) is 21.6 Å². The molecule has 2 aromatic carbocycles. The van der Waals surface area contributed by atoms with Crippen molar-refractivity contribution in [1.82, 2.24) is 9.55 Å². The molecule has 0 saturated carbocycles. The summed E-state index contributed by atoms with van der Waals surface area (Å²) in [5.41, 5.74) is 0.592. The zero-order chi connectivity index (χ0) is 22.5. The topological polar surface area (TPSA) is 73.2 Å². The third-order valence-corrected chi connectivity index (χ3v) is 5.52. The van der Waals surface area contributed by atoms with Gasteiger partial charge < -0.3 is 10.1 Å². The minimum absolute atomic E-state index is 0.0112. The van der Waals surface area contributed by atoms with Gasteiger partial charge in [-0.25, -0.2) is 4.98 Å². The molecule has 1 atom stereocenters. The molecule has 3 aromatic rings. The van der Waals surface area contributed by atoms with Gasteiger partial charge >= 0.3 is 6.61 Å². The van der Waals surface area contributed by atoms with Crippen molar-refractivity contribution in [1.29, 1.82) is 0 Å². The van der Waals surface area contributed by atoms with Crippen molar-refractivity contribution in [3.63, 3.8) is 0 Å². The fourth-order valence-electron chi connectivity index (χ4n) is 2.73. The third-order valence-electron chi connectivity index (χ3n) is 4.19. The molecule has 0 fully saturated rings. The first-order valence-corrected chi connectivity index (χ1v) is 10.4. The highest BCUT2D eigenvalue weighted by molar-refractivity contribution is 8.00. The first kappa shape index (κ1) is 22.8. The van der Waals surface area contributed by atoms with Gasteiger partial charge in [-0.1, -0.05) is 29.4 Å². The number of nitrogens with zero attached hydrogens (tertiary/aromatic N) is 2. The summed E-state index contributed by atoms with van der Waals surface area (Å²) in [7, 11) is 0. The largest absolute Gasteiger partial charge is 0.435 e. The summed E-state index contributed by atoms with van der Waals surface area (Å²) in [5, 5.41) is 3.29. The standard InChI is InChI=1S/C21H18ClF2N3O3S/c1-3-10-27-19(29)16-9-4-13(22)11-17(16)26-21(27)31-12(2)18(28)25-14-5-7-15(8-6-14)30-20(23)24/h3-9,11-12,20H,1,10H2,2H3,(H,25,28). The summed E-state index contributed by atoms with van der Waals surface area (Å²) in [6, 6.07) is 10.4. The molecule has 1 N–H and O–H groups in total. The fraction of sp³-hybridized carbons (Fsp3) is 0.190. The molecule has 0 radical (unpaired) electrons. The second-order valence-electron chi connectivity index (χ2n) is 6.41. The van der Waals surface area contributed by atoms with Crippen molar-refractivity contribution in [2.75, 3.05) is 5.32 Å². The summed E-state index contributed by atoms with van der Waals surface area (Å²) in [4.78, 5) is 30.0. The Kier molecular flexibility index (Phi) is 7.29. The smallest absolute Gasteiger partial charge is 0.387 e. The molecule has 3 rings (SSSR count). The van der Waals surface area contributed by atoms with Crippen LogP contribution in [-0.4, -0.2) is 27.3 Å². The minimum atomic E-state index is -2.92. The van der Waals surface area contributed by atoms with Crippen LogP contribution in [0.15, 0.2) is 65.1 Å². The molecule has 0 aliphatic heterocycles. The summed E-state index contributed by atoms with van der Waals surface area (Å²) >= 11 is 7.13. The molecule has 162 valence electrons. The Morgan fingerprint density at radius 2 is 2.03 bits per heavy atom. The quantitative estimate of drug-likeness (QED) is 0.289. The van der Waals surface area contributed by atoms with Crippen molar-refractivity contribution < 1.29 is 18.3 Å². The summed E-state index contributed by atoms with van der Waals surface area (Å²) in [5.74, 6) is -0.360. The van der Waals surface area contributed by atoms with Crippen LogP contribution in [0.5, 0.6) is 5.75 Å². The van der Waals surface area contributed by atoms with Crippen LogP contribution in [0.4, 0.5) is 14.5 Å². The van der Waals surface area contributed by atoms with Gasteiger partial charge in [0.25, 0.3) is 5.56 Å². The van der Waals surface area contributed by atoms with Gasteiger partial charge in [0.1, 0.15) is 5.75 Å². The predicted octanol–water partition coefficient (Wildman–Crippen LogP) is 4.96. The zero-order valence-electron chi connectivity index (χ0n) is 16.3. The van der Waals surface area contributed by atoms with E-state index in [4.69, 9.17) is 11.6 Å². The Balaban J connectivity index is 1.80. The second kappa shape index (κ2) is 9.93. The number of carbonyl (C=O) groups is 1. The van der Waals surface area contributed by atoms with Crippen LogP contribution in [-0.2, 0) is 11.3 Å². The van der Waals surface area contributed by atoms with E-state index in [0.717, 1.165) is 11.8 Å². The molecule has 0 spiro atoms. The van der Waals surface area contributed by atoms with Crippen LogP contribution in [0.1, 0.15) is 6.92 Å². The SMILES string of the molecule is C=CCn1c(SC(C)C(=O)Nc2ccc(OC(F)F)cc2)nc2cc(Cl)ccc2c1=O. The molecule has 6 nitrogen and oxygen atoms in total. The Morgan fingerprint density at radius 1 is 1.32 bits per heavy atom. The molecule has 1 unspecified atom stereocenters. The Bertz CT molecular complexity index is 1170. The molecule has 10 heteroatoms. The van der Waals surface area contributed by atoms with Gasteiger partial charge in [-0.2, -0.15) is 8.78 Å². The van der Waals surface area contributed by atoms with E-state index in [9.17, 15) is 18.4 Å². The van der Waals surface area contributed by atoms with Crippen molar-refractivity contribution >= 4 is 45.9 Å². The lowest BCUT2D eigenvalue weighted by molar-refractivity contribution is -0.115. The van der Waals surface area contributed by atoms with Crippen molar-refractivity contribution in [3.8, 4) is 5.75 Å². The number of anilines is 1. The van der Waals surface area contributed by atoms with Gasteiger partial charge in [-0.15, -0.1) is 6.58 Å². The van der Waals surface area contributed by atoms with E-state index in [1.165, 1.54) is 28.8 Å². The van der Waals surface area contributed by atoms with E-state index < -0.39 is 11.9 Å². The molecule has 31 heavy (non-hydrogen) atoms. The number of carbonyl (C=O) groups excluding carboxylic acids is 1. The van der Waals surface area contributed by atoms with Crippen molar-refractivity contribution in [3.05, 3.63) is 70.5 Å². The maximum atomic E-state index is 12.9. The predicted molar refractivity (Wildman–Crippen MR) is 118 cm³/mol. The molecule has 0 saturated heterocycles. The van der Waals surface area contributed by atoms with Crippen LogP contribution >= 0.6 is 23.4 Å². The van der Waals surface area contributed by atoms with E-state index in [1.807, 2.05) is 0 Å². The molecule has 1 amide bonds. The summed E-state index contributed by atoms with van der Waals surface area (Å²) in [6.07, 6.45) is 1.57. The van der Waals surface area contributed by atoms with E-state index in [-0.39, 0.29) is 23.8 Å². The number of aromatic nitrogens is 2. The van der Waals surface area contributed by atoms with Crippen molar-refractivity contribution in [2.24, 2.45) is 0 Å². The number of rotatable bonds is 8. The number of alkyl halides is 2. The third kappa shape index (κ3) is 5.62. The number of nitrogens with one attached hydrogen (secondary N) is 1. The number of fused-ring (bicyclic) bond motifs is 1. The van der Waals surface area contributed by atoms with Crippen molar-refractivity contribution in [2.45, 2.75) is 30.5 Å². The average molecular weight is 466 g/mol. The number of halogens is 3. The molecule has 0 bridgehead atoms. The minimum Gasteiger partial charge on any atom is -0.435 e. The molecule has 1 heterocycles. The van der Waals surface area contributed by atoms with Gasteiger partial charge in [0.05, 0.1) is 16.2 Å². The Hall–Kier alpha value is -2.91. The number of hydrogen-bond donors (Lipinski definition) is 1. The fourth-order valence-corrected chi connectivity index (χ4v) is 3.81. The van der Waals surface area contributed by atoms with Gasteiger partial charge in [0.2, 0.25) is 5.91 Å². The van der Waals surface area contributed by atoms with Crippen LogP contribution in [0.2, 0.25) is 5.02 Å². The Labute approximate surface area is 185 Å². The zero-order valence-corrected chi connectivity index (χ0v) is 17.9. The van der Waals surface area contributed by atoms with Crippen LogP contribution in [0, 0.1) is 0 Å². The highest BCUT2D eigenvalue weighted by atomic mass is 35.5. The molecular weight excluding hydrogens is 448 g/mol. The first-order valence-electron chi connectivity index (χ1n) is 9.12. The lowest BCUT2D eigenvalue weighted by Gasteiger charge is -2.16. The van der Waals surface area contributed by atoms with Gasteiger partial charge in [0.15, 0.2) is 5.16 Å². The van der Waals surface area contributed by atoms with E-state index in [0.29, 0.717) is 26.8 Å². The summed E-state index contributed by atoms with van der Waals surface area (Å²) < 4.78 is 30.2. The number of thioether (sulfide) groups is 1. The van der Waals surface area contributed by atoms with E-state index >= 15 is 0 Å².